The zero-order valence-corrected chi connectivity index (χ0v) is 17.7. The van der Waals surface area contributed by atoms with Crippen molar-refractivity contribution in [3.05, 3.63) is 60.2 Å². The Morgan fingerprint density at radius 1 is 1.19 bits per heavy atom. The van der Waals surface area contributed by atoms with E-state index in [0.717, 1.165) is 54.3 Å². The van der Waals surface area contributed by atoms with Crippen molar-refractivity contribution in [3.8, 4) is 11.1 Å². The van der Waals surface area contributed by atoms with E-state index in [4.69, 9.17) is 0 Å². The molecule has 0 atom stereocenters. The molecule has 1 amide bonds. The molecule has 31 heavy (non-hydrogen) atoms. The van der Waals surface area contributed by atoms with E-state index in [-0.39, 0.29) is 18.1 Å². The largest absolute Gasteiger partial charge is 0.373 e. The predicted molar refractivity (Wildman–Crippen MR) is 118 cm³/mol. The fraction of sp³-hybridized carbons (Fsp3) is 0.304. The van der Waals surface area contributed by atoms with Gasteiger partial charge in [0.1, 0.15) is 23.7 Å². The van der Waals surface area contributed by atoms with Gasteiger partial charge in [-0.2, -0.15) is 5.10 Å². The van der Waals surface area contributed by atoms with Gasteiger partial charge in [0.25, 0.3) is 0 Å². The molecule has 3 heterocycles. The van der Waals surface area contributed by atoms with Crippen LogP contribution in [0.4, 0.5) is 16.0 Å². The number of aryl methyl sites for hydroxylation is 2. The number of nitrogens with one attached hydrogen (secondary N) is 1. The van der Waals surface area contributed by atoms with E-state index < -0.39 is 0 Å². The lowest BCUT2D eigenvalue weighted by molar-refractivity contribution is -0.120. The molecule has 0 bridgehead atoms. The van der Waals surface area contributed by atoms with Crippen LogP contribution in [0, 0.1) is 12.7 Å². The van der Waals surface area contributed by atoms with Gasteiger partial charge in [-0.15, -0.1) is 0 Å². The topological polar surface area (TPSA) is 80.1 Å². The summed E-state index contributed by atoms with van der Waals surface area (Å²) in [6, 6.07) is 12.2. The molecular weight excluding hydrogens is 397 g/mol. The highest BCUT2D eigenvalue weighted by Gasteiger charge is 2.23. The Morgan fingerprint density at radius 2 is 2.03 bits per heavy atom. The van der Waals surface area contributed by atoms with E-state index in [2.05, 4.69) is 15.4 Å². The lowest BCUT2D eigenvalue weighted by Gasteiger charge is -2.27. The Balaban J connectivity index is 0.000000176. The molecule has 0 unspecified atom stereocenters. The molecule has 1 aliphatic heterocycles. The molecule has 4 rings (SSSR count). The maximum Gasteiger partial charge on any atom is 0.228 e. The molecule has 1 aliphatic rings. The number of rotatable bonds is 5. The molecule has 1 aromatic carbocycles. The third kappa shape index (κ3) is 5.75. The van der Waals surface area contributed by atoms with Crippen LogP contribution < -0.4 is 10.2 Å². The van der Waals surface area contributed by atoms with Gasteiger partial charge in [-0.3, -0.25) is 9.69 Å². The molecule has 8 heteroatoms. The predicted octanol–water partition coefficient (Wildman–Crippen LogP) is 3.84. The van der Waals surface area contributed by atoms with E-state index in [9.17, 15) is 14.0 Å². The van der Waals surface area contributed by atoms with Crippen molar-refractivity contribution in [1.29, 1.82) is 0 Å². The quantitative estimate of drug-likeness (QED) is 0.631. The van der Waals surface area contributed by atoms with E-state index in [0.29, 0.717) is 6.42 Å². The fourth-order valence-electron chi connectivity index (χ4n) is 3.36. The summed E-state index contributed by atoms with van der Waals surface area (Å²) < 4.78 is 14.8. The summed E-state index contributed by atoms with van der Waals surface area (Å²) in [6.07, 6.45) is 4.00. The van der Waals surface area contributed by atoms with Gasteiger partial charge in [0.15, 0.2) is 0 Å². The number of carbonyl (C=O) groups is 2. The number of anilines is 2. The van der Waals surface area contributed by atoms with E-state index in [1.54, 1.807) is 17.2 Å². The van der Waals surface area contributed by atoms with Crippen molar-refractivity contribution in [2.45, 2.75) is 32.7 Å². The van der Waals surface area contributed by atoms with Crippen molar-refractivity contribution in [3.63, 3.8) is 0 Å². The average Bonchev–Trinajstić information content (AvgIpc) is 3.18. The molecule has 0 aliphatic carbocycles. The van der Waals surface area contributed by atoms with Crippen LogP contribution in [0.3, 0.4) is 0 Å². The first-order chi connectivity index (χ1) is 15.0. The number of aldehydes is 1. The van der Waals surface area contributed by atoms with Gasteiger partial charge in [-0.1, -0.05) is 12.1 Å². The van der Waals surface area contributed by atoms with Crippen molar-refractivity contribution in [2.75, 3.05) is 23.8 Å². The Hall–Kier alpha value is -3.55. The Kier molecular flexibility index (Phi) is 7.48. The molecule has 0 radical (unpaired) electrons. The first-order valence-corrected chi connectivity index (χ1v) is 10.2. The molecule has 0 spiro atoms. The van der Waals surface area contributed by atoms with Crippen LogP contribution in [-0.2, 0) is 16.1 Å². The third-order valence-electron chi connectivity index (χ3n) is 4.86. The van der Waals surface area contributed by atoms with Gasteiger partial charge in [-0.25, -0.2) is 14.1 Å². The Morgan fingerprint density at radius 3 is 2.71 bits per heavy atom. The van der Waals surface area contributed by atoms with Crippen LogP contribution in [0.2, 0.25) is 0 Å². The van der Waals surface area contributed by atoms with Crippen LogP contribution in [0.1, 0.15) is 25.0 Å². The maximum atomic E-state index is 13.0. The molecule has 1 N–H and O–H groups in total. The van der Waals surface area contributed by atoms with Gasteiger partial charge in [0.05, 0.1) is 5.69 Å². The molecule has 0 saturated carbocycles. The number of carbonyl (C=O) groups excluding carboxylic acids is 2. The zero-order chi connectivity index (χ0) is 22.2. The van der Waals surface area contributed by atoms with Gasteiger partial charge < -0.3 is 10.1 Å². The number of pyridine rings is 1. The number of halogens is 1. The minimum atomic E-state index is -0.231. The Labute approximate surface area is 180 Å². The fourth-order valence-corrected chi connectivity index (χ4v) is 3.36. The number of benzene rings is 1. The van der Waals surface area contributed by atoms with Gasteiger partial charge in [0.2, 0.25) is 5.91 Å². The van der Waals surface area contributed by atoms with Gasteiger partial charge in [-0.05, 0) is 43.2 Å². The lowest BCUT2D eigenvalue weighted by atomic mass is 10.1. The second-order valence-corrected chi connectivity index (χ2v) is 7.16. The highest BCUT2D eigenvalue weighted by molar-refractivity contribution is 5.93. The highest BCUT2D eigenvalue weighted by Crippen LogP contribution is 2.22. The summed E-state index contributed by atoms with van der Waals surface area (Å²) >= 11 is 0. The molecule has 162 valence electrons. The van der Waals surface area contributed by atoms with Gasteiger partial charge in [0, 0.05) is 50.8 Å². The molecule has 3 aromatic rings. The zero-order valence-electron chi connectivity index (χ0n) is 17.7. The van der Waals surface area contributed by atoms with E-state index >= 15 is 0 Å². The normalized spacial score (nSPS) is 12.4. The minimum absolute atomic E-state index is 0.00736. The maximum absolute atomic E-state index is 13.0. The molecule has 2 aromatic heterocycles. The van der Waals surface area contributed by atoms with Crippen molar-refractivity contribution in [1.82, 2.24) is 14.8 Å². The standard InChI is InChI=1S/C12H11FN2.C11H15N3O2/c1-14-12-6-5-10(8-15-12)9-3-2-4-11(13)7-9;1-9-8-10-13(11(16)4-2-7-15)5-3-6-14(10)12-9/h2-8H,1H3,(H,14,15);7-8H,2-6H2,1H3. The number of nitrogens with zero attached hydrogens (tertiary/aromatic N) is 4. The first-order valence-electron chi connectivity index (χ1n) is 10.2. The lowest BCUT2D eigenvalue weighted by Crippen LogP contribution is -2.37. The van der Waals surface area contributed by atoms with Crippen molar-refractivity contribution < 1.29 is 14.0 Å². The van der Waals surface area contributed by atoms with Crippen LogP contribution >= 0.6 is 0 Å². The summed E-state index contributed by atoms with van der Waals surface area (Å²) in [5.41, 5.74) is 2.67. The van der Waals surface area contributed by atoms with Crippen LogP contribution in [0.15, 0.2) is 48.7 Å². The summed E-state index contributed by atoms with van der Waals surface area (Å²) in [4.78, 5) is 28.0. The number of amides is 1. The second kappa shape index (κ2) is 10.5. The smallest absolute Gasteiger partial charge is 0.228 e. The van der Waals surface area contributed by atoms with Crippen molar-refractivity contribution in [2.24, 2.45) is 0 Å². The van der Waals surface area contributed by atoms with Crippen LogP contribution in [0.5, 0.6) is 0 Å². The summed E-state index contributed by atoms with van der Waals surface area (Å²) in [5, 5.41) is 7.25. The summed E-state index contributed by atoms with van der Waals surface area (Å²) in [5.74, 6) is 1.44. The molecule has 7 nitrogen and oxygen atoms in total. The van der Waals surface area contributed by atoms with Gasteiger partial charge >= 0.3 is 0 Å². The first kappa shape index (κ1) is 22.1. The third-order valence-corrected chi connectivity index (χ3v) is 4.86. The SMILES string of the molecule is CNc1ccc(-c2cccc(F)c2)cn1.Cc1cc2n(n1)CCCN2C(=O)CCC=O. The van der Waals surface area contributed by atoms with Crippen molar-refractivity contribution >= 4 is 23.8 Å². The molecular formula is C23H26FN5O2. The van der Waals surface area contributed by atoms with Crippen LogP contribution in [-0.4, -0.2) is 40.6 Å². The monoisotopic (exact) mass is 423 g/mol. The Bertz CT molecular complexity index is 1030. The highest BCUT2D eigenvalue weighted by atomic mass is 19.1. The van der Waals surface area contributed by atoms with Crippen LogP contribution in [0.25, 0.3) is 11.1 Å². The van der Waals surface area contributed by atoms with E-state index in [1.807, 2.05) is 42.9 Å². The second-order valence-electron chi connectivity index (χ2n) is 7.16. The average molecular weight is 423 g/mol. The number of fused-ring (bicyclic) bond motifs is 1. The molecule has 0 saturated heterocycles. The summed E-state index contributed by atoms with van der Waals surface area (Å²) in [6.45, 7) is 3.50. The number of aromatic nitrogens is 3. The summed E-state index contributed by atoms with van der Waals surface area (Å²) in [7, 11) is 1.81. The van der Waals surface area contributed by atoms with E-state index in [1.165, 1.54) is 12.1 Å². The number of hydrogen-bond donors (Lipinski definition) is 1. The minimum Gasteiger partial charge on any atom is -0.373 e. The number of hydrogen-bond acceptors (Lipinski definition) is 5. The molecule has 0 fully saturated rings.